The van der Waals surface area contributed by atoms with E-state index in [1.54, 1.807) is 11.3 Å². The van der Waals surface area contributed by atoms with Crippen LogP contribution in [0.15, 0.2) is 15.2 Å². The molecular weight excluding hydrogens is 284 g/mol. The molecule has 0 amide bonds. The van der Waals surface area contributed by atoms with Gasteiger partial charge in [0.2, 0.25) is 0 Å². The van der Waals surface area contributed by atoms with Crippen molar-refractivity contribution in [1.29, 1.82) is 0 Å². The van der Waals surface area contributed by atoms with E-state index >= 15 is 0 Å². The van der Waals surface area contributed by atoms with Crippen LogP contribution < -0.4 is 0 Å². The van der Waals surface area contributed by atoms with Crippen molar-refractivity contribution in [2.24, 2.45) is 11.3 Å². The fourth-order valence-corrected chi connectivity index (χ4v) is 3.77. The molecule has 1 nitrogen and oxygen atoms in total. The largest absolute Gasteiger partial charge is 0.388 e. The Balaban J connectivity index is 2.52. The molecule has 0 bridgehead atoms. The number of halogens is 1. The van der Waals surface area contributed by atoms with Crippen LogP contribution in [-0.4, -0.2) is 5.11 Å². The third kappa shape index (κ3) is 4.56. The van der Waals surface area contributed by atoms with Gasteiger partial charge >= 0.3 is 0 Å². The van der Waals surface area contributed by atoms with E-state index in [4.69, 9.17) is 0 Å². The Morgan fingerprint density at radius 1 is 1.38 bits per heavy atom. The molecular formula is C13H21BrOS. The van der Waals surface area contributed by atoms with Crippen molar-refractivity contribution in [2.75, 3.05) is 0 Å². The number of aliphatic hydroxyl groups is 1. The highest BCUT2D eigenvalue weighted by atomic mass is 79.9. The van der Waals surface area contributed by atoms with E-state index < -0.39 is 0 Å². The van der Waals surface area contributed by atoms with E-state index in [1.807, 2.05) is 10.8 Å². The molecule has 92 valence electrons. The standard InChI is InChI=1S/C13H21BrOS/c1-9(6-13(2,3)4)5-12(15)10-7-16-8-11(10)14/h7-9,12,15H,5-6H2,1-4H3. The fraction of sp³-hybridized carbons (Fsp3) is 0.692. The first-order valence-corrected chi connectivity index (χ1v) is 7.43. The molecule has 0 aliphatic rings. The lowest BCUT2D eigenvalue weighted by Gasteiger charge is -2.24. The van der Waals surface area contributed by atoms with Gasteiger partial charge in [-0.15, -0.1) is 0 Å². The van der Waals surface area contributed by atoms with Gasteiger partial charge in [0, 0.05) is 15.4 Å². The predicted molar refractivity (Wildman–Crippen MR) is 74.8 cm³/mol. The summed E-state index contributed by atoms with van der Waals surface area (Å²) in [6, 6.07) is 0. The van der Waals surface area contributed by atoms with Crippen molar-refractivity contribution in [1.82, 2.24) is 0 Å². The molecule has 0 aliphatic heterocycles. The Hall–Kier alpha value is 0.140. The van der Waals surface area contributed by atoms with Crippen LogP contribution in [0.2, 0.25) is 0 Å². The van der Waals surface area contributed by atoms with E-state index in [-0.39, 0.29) is 6.10 Å². The minimum Gasteiger partial charge on any atom is -0.388 e. The third-order valence-corrected chi connectivity index (χ3v) is 4.34. The molecule has 0 spiro atoms. The minimum atomic E-state index is -0.335. The summed E-state index contributed by atoms with van der Waals surface area (Å²) >= 11 is 5.10. The lowest BCUT2D eigenvalue weighted by atomic mass is 9.83. The molecule has 0 radical (unpaired) electrons. The summed E-state index contributed by atoms with van der Waals surface area (Å²) in [5, 5.41) is 14.2. The Morgan fingerprint density at radius 2 is 2.00 bits per heavy atom. The number of hydrogen-bond acceptors (Lipinski definition) is 2. The maximum absolute atomic E-state index is 10.1. The Bertz CT molecular complexity index is 327. The van der Waals surface area contributed by atoms with Crippen LogP contribution in [0.25, 0.3) is 0 Å². The summed E-state index contributed by atoms with van der Waals surface area (Å²) in [5.74, 6) is 0.543. The lowest BCUT2D eigenvalue weighted by Crippen LogP contribution is -2.13. The highest BCUT2D eigenvalue weighted by Crippen LogP contribution is 2.34. The van der Waals surface area contributed by atoms with Crippen LogP contribution in [0.1, 0.15) is 52.2 Å². The summed E-state index contributed by atoms with van der Waals surface area (Å²) in [5.41, 5.74) is 1.37. The number of hydrogen-bond donors (Lipinski definition) is 1. The third-order valence-electron chi connectivity index (χ3n) is 2.59. The fourth-order valence-electron chi connectivity index (χ4n) is 2.17. The van der Waals surface area contributed by atoms with Gasteiger partial charge in [0.1, 0.15) is 0 Å². The average Bonchev–Trinajstić information content (AvgIpc) is 2.47. The van der Waals surface area contributed by atoms with E-state index in [0.717, 1.165) is 22.9 Å². The Labute approximate surface area is 111 Å². The van der Waals surface area contributed by atoms with E-state index in [9.17, 15) is 5.11 Å². The summed E-state index contributed by atoms with van der Waals surface area (Å²) in [7, 11) is 0. The zero-order valence-electron chi connectivity index (χ0n) is 10.5. The molecule has 0 saturated carbocycles. The van der Waals surface area contributed by atoms with Crippen LogP contribution >= 0.6 is 27.3 Å². The zero-order valence-corrected chi connectivity index (χ0v) is 12.9. The topological polar surface area (TPSA) is 20.2 Å². The van der Waals surface area contributed by atoms with Crippen molar-refractivity contribution in [3.8, 4) is 0 Å². The molecule has 1 aromatic rings. The van der Waals surface area contributed by atoms with Gasteiger partial charge in [-0.3, -0.25) is 0 Å². The molecule has 2 atom stereocenters. The normalized spacial score (nSPS) is 16.1. The van der Waals surface area contributed by atoms with Crippen LogP contribution in [0, 0.1) is 11.3 Å². The van der Waals surface area contributed by atoms with Crippen LogP contribution in [-0.2, 0) is 0 Å². The van der Waals surface area contributed by atoms with Gasteiger partial charge in [-0.05, 0) is 45.5 Å². The molecule has 1 aromatic heterocycles. The Morgan fingerprint density at radius 3 is 2.44 bits per heavy atom. The van der Waals surface area contributed by atoms with Gasteiger partial charge in [-0.2, -0.15) is 11.3 Å². The first kappa shape index (κ1) is 14.2. The second-order valence-corrected chi connectivity index (χ2v) is 7.39. The summed E-state index contributed by atoms with van der Waals surface area (Å²) in [6.07, 6.45) is 1.65. The molecule has 3 heteroatoms. The Kier molecular flexibility index (Phi) is 5.02. The van der Waals surface area contributed by atoms with Crippen molar-refractivity contribution in [3.05, 3.63) is 20.8 Å². The van der Waals surface area contributed by atoms with E-state index in [1.165, 1.54) is 0 Å². The minimum absolute atomic E-state index is 0.335. The number of aliphatic hydroxyl groups excluding tert-OH is 1. The van der Waals surface area contributed by atoms with Gasteiger partial charge in [-0.25, -0.2) is 0 Å². The summed E-state index contributed by atoms with van der Waals surface area (Å²) in [4.78, 5) is 0. The first-order chi connectivity index (χ1) is 7.29. The van der Waals surface area contributed by atoms with Gasteiger partial charge in [0.05, 0.1) is 6.10 Å². The molecule has 2 unspecified atom stereocenters. The summed E-state index contributed by atoms with van der Waals surface area (Å²) in [6.45, 7) is 8.96. The molecule has 16 heavy (non-hydrogen) atoms. The molecule has 0 aliphatic carbocycles. The maximum Gasteiger partial charge on any atom is 0.0811 e. The molecule has 0 saturated heterocycles. The van der Waals surface area contributed by atoms with Crippen molar-refractivity contribution < 1.29 is 5.11 Å². The summed E-state index contributed by atoms with van der Waals surface area (Å²) < 4.78 is 1.04. The highest BCUT2D eigenvalue weighted by molar-refractivity contribution is 9.10. The first-order valence-electron chi connectivity index (χ1n) is 5.69. The van der Waals surface area contributed by atoms with Crippen molar-refractivity contribution in [2.45, 2.75) is 46.6 Å². The van der Waals surface area contributed by atoms with Gasteiger partial charge in [0.15, 0.2) is 0 Å². The van der Waals surface area contributed by atoms with Gasteiger partial charge in [-0.1, -0.05) is 27.7 Å². The van der Waals surface area contributed by atoms with E-state index in [0.29, 0.717) is 11.3 Å². The van der Waals surface area contributed by atoms with Crippen molar-refractivity contribution >= 4 is 27.3 Å². The number of thiophene rings is 1. The number of rotatable bonds is 4. The monoisotopic (exact) mass is 304 g/mol. The molecule has 1 heterocycles. The zero-order chi connectivity index (χ0) is 12.3. The predicted octanol–water partition coefficient (Wildman–Crippen LogP) is 5.01. The molecule has 0 aromatic carbocycles. The van der Waals surface area contributed by atoms with Gasteiger partial charge < -0.3 is 5.11 Å². The second kappa shape index (κ2) is 5.65. The molecule has 1 N–H and O–H groups in total. The van der Waals surface area contributed by atoms with Gasteiger partial charge in [0.25, 0.3) is 0 Å². The smallest absolute Gasteiger partial charge is 0.0811 e. The SMILES string of the molecule is CC(CC(O)c1cscc1Br)CC(C)(C)C. The molecule has 1 rings (SSSR count). The van der Waals surface area contributed by atoms with E-state index in [2.05, 4.69) is 43.6 Å². The van der Waals surface area contributed by atoms with Crippen LogP contribution in [0.4, 0.5) is 0 Å². The average molecular weight is 305 g/mol. The lowest BCUT2D eigenvalue weighted by molar-refractivity contribution is 0.134. The maximum atomic E-state index is 10.1. The molecule has 0 fully saturated rings. The van der Waals surface area contributed by atoms with Crippen LogP contribution in [0.3, 0.4) is 0 Å². The highest BCUT2D eigenvalue weighted by Gasteiger charge is 2.20. The van der Waals surface area contributed by atoms with Crippen LogP contribution in [0.5, 0.6) is 0 Å². The second-order valence-electron chi connectivity index (χ2n) is 5.80. The quantitative estimate of drug-likeness (QED) is 0.829. The van der Waals surface area contributed by atoms with Crippen molar-refractivity contribution in [3.63, 3.8) is 0 Å².